The molecule has 1 saturated carbocycles. The quantitative estimate of drug-likeness (QED) is 0.676. The first-order valence-corrected chi connectivity index (χ1v) is 8.14. The molecule has 0 amide bonds. The maximum atomic E-state index is 12.8. The molecule has 2 N–H and O–H groups in total. The van der Waals surface area contributed by atoms with Crippen LogP contribution in [0.1, 0.15) is 78.0 Å². The number of ketones is 1. The van der Waals surface area contributed by atoms with E-state index in [1.807, 2.05) is 20.8 Å². The van der Waals surface area contributed by atoms with Crippen LogP contribution in [0.25, 0.3) is 0 Å². The molecule has 1 aromatic rings. The van der Waals surface area contributed by atoms with Crippen molar-refractivity contribution in [2.45, 2.75) is 52.4 Å². The number of nitrogen functional groups attached to an aromatic ring is 1. The number of carbonyl (C=O) groups is 2. The fourth-order valence-corrected chi connectivity index (χ4v) is 3.99. The number of hydrogen-bond donors (Lipinski definition) is 1. The van der Waals surface area contributed by atoms with Crippen molar-refractivity contribution in [1.82, 2.24) is 0 Å². The van der Waals surface area contributed by atoms with Gasteiger partial charge < -0.3 is 10.5 Å². The molecule has 0 radical (unpaired) electrons. The minimum Gasteiger partial charge on any atom is -0.465 e. The summed E-state index contributed by atoms with van der Waals surface area (Å²) >= 11 is 1.19. The highest BCUT2D eigenvalue weighted by Gasteiger charge is 2.36. The predicted molar refractivity (Wildman–Crippen MR) is 85.1 cm³/mol. The van der Waals surface area contributed by atoms with Crippen LogP contribution in [0.4, 0.5) is 5.00 Å². The highest BCUT2D eigenvalue weighted by Crippen LogP contribution is 2.45. The van der Waals surface area contributed by atoms with Gasteiger partial charge in [0.1, 0.15) is 4.88 Å². The fourth-order valence-electron chi connectivity index (χ4n) is 2.92. The minimum absolute atomic E-state index is 0.00769. The third kappa shape index (κ3) is 2.98. The maximum Gasteiger partial charge on any atom is 0.348 e. The molecular formula is C16H23NO3S. The lowest BCUT2D eigenvalue weighted by Gasteiger charge is -2.20. The number of anilines is 1. The molecule has 5 heteroatoms. The van der Waals surface area contributed by atoms with Gasteiger partial charge in [0, 0.05) is 5.41 Å². The summed E-state index contributed by atoms with van der Waals surface area (Å²) < 4.78 is 4.87. The van der Waals surface area contributed by atoms with E-state index in [0.717, 1.165) is 31.2 Å². The van der Waals surface area contributed by atoms with Crippen molar-refractivity contribution in [2.24, 2.45) is 5.41 Å². The second-order valence-electron chi connectivity index (χ2n) is 6.64. The van der Waals surface area contributed by atoms with Gasteiger partial charge in [-0.3, -0.25) is 4.79 Å². The summed E-state index contributed by atoms with van der Waals surface area (Å²) in [5.74, 6) is -0.135. The van der Waals surface area contributed by atoms with Gasteiger partial charge in [-0.1, -0.05) is 33.6 Å². The number of nitrogens with two attached hydrogens (primary N) is 1. The first-order chi connectivity index (χ1) is 9.77. The molecule has 1 fully saturated rings. The number of methoxy groups -OCH3 is 1. The number of rotatable bonds is 3. The second kappa shape index (κ2) is 5.79. The van der Waals surface area contributed by atoms with E-state index in [0.29, 0.717) is 15.4 Å². The van der Waals surface area contributed by atoms with E-state index in [-0.39, 0.29) is 17.7 Å². The van der Waals surface area contributed by atoms with Gasteiger partial charge in [0.15, 0.2) is 5.78 Å². The Morgan fingerprint density at radius 2 is 1.81 bits per heavy atom. The number of Topliss-reactive ketones (excluding diaryl/α,β-unsaturated/α-hetero) is 1. The van der Waals surface area contributed by atoms with Gasteiger partial charge in [-0.15, -0.1) is 11.3 Å². The van der Waals surface area contributed by atoms with E-state index in [2.05, 4.69) is 0 Å². The molecule has 1 aromatic heterocycles. The predicted octanol–water partition coefficient (Wildman–Crippen LogP) is 4.00. The minimum atomic E-state index is -0.518. The number of carbonyl (C=O) groups excluding carboxylic acids is 2. The van der Waals surface area contributed by atoms with Crippen LogP contribution in [-0.2, 0) is 4.74 Å². The van der Waals surface area contributed by atoms with Crippen LogP contribution in [-0.4, -0.2) is 18.9 Å². The van der Waals surface area contributed by atoms with Crippen LogP contribution in [0.15, 0.2) is 0 Å². The van der Waals surface area contributed by atoms with Crippen molar-refractivity contribution in [3.63, 3.8) is 0 Å². The number of ether oxygens (including phenoxy) is 1. The smallest absolute Gasteiger partial charge is 0.348 e. The van der Waals surface area contributed by atoms with Gasteiger partial charge in [-0.25, -0.2) is 4.79 Å². The molecule has 0 aliphatic heterocycles. The van der Waals surface area contributed by atoms with Gasteiger partial charge in [-0.2, -0.15) is 0 Å². The van der Waals surface area contributed by atoms with Crippen LogP contribution >= 0.6 is 11.3 Å². The monoisotopic (exact) mass is 309 g/mol. The third-order valence-corrected chi connectivity index (χ3v) is 5.03. The lowest BCUT2D eigenvalue weighted by atomic mass is 9.82. The zero-order valence-corrected chi connectivity index (χ0v) is 13.9. The highest BCUT2D eigenvalue weighted by atomic mass is 32.1. The molecule has 0 saturated heterocycles. The van der Waals surface area contributed by atoms with Crippen LogP contribution in [0.5, 0.6) is 0 Å². The average Bonchev–Trinajstić information content (AvgIpc) is 3.02. The van der Waals surface area contributed by atoms with E-state index < -0.39 is 5.41 Å². The number of hydrogen-bond acceptors (Lipinski definition) is 5. The molecule has 116 valence electrons. The first-order valence-electron chi connectivity index (χ1n) is 7.32. The van der Waals surface area contributed by atoms with E-state index in [1.54, 1.807) is 0 Å². The van der Waals surface area contributed by atoms with Crippen molar-refractivity contribution >= 4 is 28.1 Å². The first kappa shape index (κ1) is 16.0. The molecular weight excluding hydrogens is 286 g/mol. The Morgan fingerprint density at radius 1 is 1.24 bits per heavy atom. The van der Waals surface area contributed by atoms with Crippen LogP contribution in [0, 0.1) is 5.41 Å². The Labute approximate surface area is 129 Å². The lowest BCUT2D eigenvalue weighted by Crippen LogP contribution is -2.23. The molecule has 2 rings (SSSR count). The van der Waals surface area contributed by atoms with Crippen molar-refractivity contribution in [3.8, 4) is 0 Å². The Bertz CT molecular complexity index is 563. The van der Waals surface area contributed by atoms with E-state index in [1.165, 1.54) is 18.4 Å². The number of esters is 1. The van der Waals surface area contributed by atoms with Gasteiger partial charge in [0.25, 0.3) is 0 Å². The van der Waals surface area contributed by atoms with Gasteiger partial charge >= 0.3 is 5.97 Å². The van der Waals surface area contributed by atoms with Crippen molar-refractivity contribution in [1.29, 1.82) is 0 Å². The van der Waals surface area contributed by atoms with E-state index >= 15 is 0 Å². The highest BCUT2D eigenvalue weighted by molar-refractivity contribution is 7.18. The normalized spacial score (nSPS) is 16.2. The molecule has 1 aliphatic carbocycles. The van der Waals surface area contributed by atoms with Crippen molar-refractivity contribution < 1.29 is 14.3 Å². The zero-order valence-electron chi connectivity index (χ0n) is 13.1. The fraction of sp³-hybridized carbons (Fsp3) is 0.625. The molecule has 0 unspecified atom stereocenters. The van der Waals surface area contributed by atoms with Gasteiger partial charge in [0.05, 0.1) is 17.7 Å². The summed E-state index contributed by atoms with van der Waals surface area (Å²) in [7, 11) is 1.36. The number of thiophene rings is 1. The molecule has 0 spiro atoms. The van der Waals surface area contributed by atoms with Crippen molar-refractivity contribution in [2.75, 3.05) is 12.8 Å². The Hall–Kier alpha value is -1.36. The molecule has 21 heavy (non-hydrogen) atoms. The summed E-state index contributed by atoms with van der Waals surface area (Å²) in [5.41, 5.74) is 6.96. The Balaban J connectivity index is 2.60. The molecule has 1 heterocycles. The zero-order chi connectivity index (χ0) is 15.8. The van der Waals surface area contributed by atoms with Gasteiger partial charge in [-0.05, 0) is 24.3 Å². The molecule has 1 aliphatic rings. The Kier molecular flexibility index (Phi) is 4.42. The topological polar surface area (TPSA) is 69.4 Å². The summed E-state index contributed by atoms with van der Waals surface area (Å²) in [6.45, 7) is 5.63. The largest absolute Gasteiger partial charge is 0.465 e. The van der Waals surface area contributed by atoms with E-state index in [4.69, 9.17) is 10.5 Å². The SMILES string of the molecule is COC(=O)c1sc(N)c(C(=O)C(C)(C)C)c1C1CCCC1. The maximum absolute atomic E-state index is 12.8. The van der Waals surface area contributed by atoms with E-state index in [9.17, 15) is 9.59 Å². The lowest BCUT2D eigenvalue weighted by molar-refractivity contribution is 0.0604. The second-order valence-corrected chi connectivity index (χ2v) is 7.69. The standard InChI is InChI=1S/C16H23NO3S/c1-16(2,3)13(18)11-10(9-7-5-6-8-9)12(15(19)20-4)21-14(11)17/h9H,5-8,17H2,1-4H3. The van der Waals surface area contributed by atoms with Gasteiger partial charge in [0.2, 0.25) is 0 Å². The summed E-state index contributed by atoms with van der Waals surface area (Å²) in [4.78, 5) is 25.3. The summed E-state index contributed by atoms with van der Waals surface area (Å²) in [6, 6.07) is 0. The van der Waals surface area contributed by atoms with Crippen molar-refractivity contribution in [3.05, 3.63) is 16.0 Å². The Morgan fingerprint density at radius 3 is 2.29 bits per heavy atom. The average molecular weight is 309 g/mol. The molecule has 0 aromatic carbocycles. The van der Waals surface area contributed by atoms with Crippen LogP contribution in [0.3, 0.4) is 0 Å². The summed E-state index contributed by atoms with van der Waals surface area (Å²) in [5, 5.41) is 0.442. The third-order valence-electron chi connectivity index (χ3n) is 4.01. The molecule has 0 atom stereocenters. The summed E-state index contributed by atoms with van der Waals surface area (Å²) in [6.07, 6.45) is 4.27. The molecule has 0 bridgehead atoms. The van der Waals surface area contributed by atoms with Crippen LogP contribution < -0.4 is 5.73 Å². The van der Waals surface area contributed by atoms with Crippen LogP contribution in [0.2, 0.25) is 0 Å². The molecule has 4 nitrogen and oxygen atoms in total.